The highest BCUT2D eigenvalue weighted by Gasteiger charge is 2.15. The number of non-ortho nitro benzene ring substituents is 1. The zero-order chi connectivity index (χ0) is 20.0. The summed E-state index contributed by atoms with van der Waals surface area (Å²) in [6, 6.07) is 9.96. The summed E-state index contributed by atoms with van der Waals surface area (Å²) in [5.74, 6) is 0.0664. The molecule has 0 heterocycles. The molecule has 0 fully saturated rings. The largest absolute Gasteiger partial charge is 0.497 e. The van der Waals surface area contributed by atoms with Gasteiger partial charge in [0.05, 0.1) is 22.6 Å². The van der Waals surface area contributed by atoms with Gasteiger partial charge >= 0.3 is 0 Å². The number of nitrogens with one attached hydrogen (secondary N) is 2. The molecule has 0 unspecified atom stereocenters. The molecule has 9 nitrogen and oxygen atoms in total. The highest BCUT2D eigenvalue weighted by molar-refractivity contribution is 7.89. The predicted molar refractivity (Wildman–Crippen MR) is 99.3 cm³/mol. The molecule has 0 aliphatic heterocycles. The Labute approximate surface area is 156 Å². The van der Waals surface area contributed by atoms with E-state index in [1.54, 1.807) is 6.92 Å². The molecule has 0 bridgehead atoms. The van der Waals surface area contributed by atoms with Crippen molar-refractivity contribution < 1.29 is 22.9 Å². The lowest BCUT2D eigenvalue weighted by Gasteiger charge is -2.10. The molecule has 1 amide bonds. The Morgan fingerprint density at radius 1 is 1.19 bits per heavy atom. The molecule has 0 aromatic heterocycles. The summed E-state index contributed by atoms with van der Waals surface area (Å²) < 4.78 is 31.7. The zero-order valence-electron chi connectivity index (χ0n) is 14.8. The molecule has 0 spiro atoms. The second-order valence-electron chi connectivity index (χ2n) is 5.63. The third-order valence-corrected chi connectivity index (χ3v) is 5.20. The van der Waals surface area contributed by atoms with E-state index in [2.05, 4.69) is 10.0 Å². The van der Waals surface area contributed by atoms with E-state index in [4.69, 9.17) is 4.74 Å². The van der Waals surface area contributed by atoms with Gasteiger partial charge in [0, 0.05) is 25.1 Å². The Balaban J connectivity index is 1.93. The van der Waals surface area contributed by atoms with Crippen molar-refractivity contribution in [1.82, 2.24) is 4.72 Å². The van der Waals surface area contributed by atoms with E-state index in [0.29, 0.717) is 17.0 Å². The topological polar surface area (TPSA) is 128 Å². The number of anilines is 1. The first-order valence-corrected chi connectivity index (χ1v) is 9.40. The number of carbonyl (C=O) groups is 1. The molecule has 27 heavy (non-hydrogen) atoms. The first-order valence-electron chi connectivity index (χ1n) is 7.91. The van der Waals surface area contributed by atoms with Crippen LogP contribution in [0, 0.1) is 17.0 Å². The van der Waals surface area contributed by atoms with Crippen LogP contribution >= 0.6 is 0 Å². The van der Waals surface area contributed by atoms with Crippen LogP contribution in [0.15, 0.2) is 47.4 Å². The number of amides is 1. The summed E-state index contributed by atoms with van der Waals surface area (Å²) in [6.07, 6.45) is -0.127. The minimum Gasteiger partial charge on any atom is -0.497 e. The minimum absolute atomic E-state index is 0.0539. The van der Waals surface area contributed by atoms with Crippen LogP contribution in [0.5, 0.6) is 5.75 Å². The van der Waals surface area contributed by atoms with Crippen molar-refractivity contribution in [3.63, 3.8) is 0 Å². The molecule has 144 valence electrons. The summed E-state index contributed by atoms with van der Waals surface area (Å²) in [7, 11) is -2.28. The number of nitro benzene ring substituents is 1. The number of rotatable bonds is 8. The summed E-state index contributed by atoms with van der Waals surface area (Å²) in [5.41, 5.74) is 0.830. The van der Waals surface area contributed by atoms with Crippen molar-refractivity contribution in [2.45, 2.75) is 18.2 Å². The van der Waals surface area contributed by atoms with Crippen molar-refractivity contribution in [2.75, 3.05) is 19.0 Å². The van der Waals surface area contributed by atoms with Crippen LogP contribution in [0.1, 0.15) is 12.0 Å². The molecule has 0 aliphatic rings. The standard InChI is InChI=1S/C17H19N3O6S/c1-12-3-4-13(20(22)23)11-16(12)19-17(21)9-10-18-27(24,25)15-7-5-14(26-2)6-8-15/h3-8,11,18H,9-10H2,1-2H3,(H,19,21). The number of carbonyl (C=O) groups excluding carboxylic acids is 1. The van der Waals surface area contributed by atoms with E-state index in [0.717, 1.165) is 0 Å². The van der Waals surface area contributed by atoms with Crippen LogP contribution in [0.25, 0.3) is 0 Å². The summed E-state index contributed by atoms with van der Waals surface area (Å²) >= 11 is 0. The van der Waals surface area contributed by atoms with Gasteiger partial charge in [0.15, 0.2) is 0 Å². The van der Waals surface area contributed by atoms with Gasteiger partial charge in [-0.2, -0.15) is 0 Å². The van der Waals surface area contributed by atoms with Crippen LogP contribution < -0.4 is 14.8 Å². The monoisotopic (exact) mass is 393 g/mol. The number of benzene rings is 2. The average molecular weight is 393 g/mol. The Kier molecular flexibility index (Phi) is 6.48. The van der Waals surface area contributed by atoms with Gasteiger partial charge in [0.1, 0.15) is 5.75 Å². The smallest absolute Gasteiger partial charge is 0.271 e. The summed E-state index contributed by atoms with van der Waals surface area (Å²) in [5, 5.41) is 13.4. The van der Waals surface area contributed by atoms with Crippen LogP contribution in [-0.2, 0) is 14.8 Å². The zero-order valence-corrected chi connectivity index (χ0v) is 15.6. The molecule has 0 aliphatic carbocycles. The van der Waals surface area contributed by atoms with Gasteiger partial charge in [0.2, 0.25) is 15.9 Å². The van der Waals surface area contributed by atoms with Crippen molar-refractivity contribution in [3.8, 4) is 5.75 Å². The molecule has 2 aromatic rings. The number of ether oxygens (including phenoxy) is 1. The van der Waals surface area contributed by atoms with Crippen molar-refractivity contribution in [1.29, 1.82) is 0 Å². The first kappa shape index (κ1) is 20.3. The predicted octanol–water partition coefficient (Wildman–Crippen LogP) is 2.22. The quantitative estimate of drug-likeness (QED) is 0.523. The van der Waals surface area contributed by atoms with E-state index < -0.39 is 20.9 Å². The van der Waals surface area contributed by atoms with E-state index in [1.807, 2.05) is 0 Å². The van der Waals surface area contributed by atoms with Gasteiger partial charge in [-0.15, -0.1) is 0 Å². The Morgan fingerprint density at radius 2 is 1.85 bits per heavy atom. The summed E-state index contributed by atoms with van der Waals surface area (Å²) in [6.45, 7) is 1.58. The van der Waals surface area contributed by atoms with E-state index in [-0.39, 0.29) is 23.5 Å². The van der Waals surface area contributed by atoms with Gasteiger partial charge < -0.3 is 10.1 Å². The SMILES string of the molecule is COc1ccc(S(=O)(=O)NCCC(=O)Nc2cc([N+](=O)[O-])ccc2C)cc1. The molecule has 10 heteroatoms. The number of aryl methyl sites for hydroxylation is 1. The molecule has 0 saturated carbocycles. The van der Waals surface area contributed by atoms with Crippen LogP contribution in [-0.4, -0.2) is 32.9 Å². The maximum absolute atomic E-state index is 12.2. The normalized spacial score (nSPS) is 11.0. The van der Waals surface area contributed by atoms with E-state index >= 15 is 0 Å². The second-order valence-corrected chi connectivity index (χ2v) is 7.39. The van der Waals surface area contributed by atoms with E-state index in [9.17, 15) is 23.3 Å². The lowest BCUT2D eigenvalue weighted by Crippen LogP contribution is -2.28. The van der Waals surface area contributed by atoms with Crippen LogP contribution in [0.4, 0.5) is 11.4 Å². The van der Waals surface area contributed by atoms with Crippen LogP contribution in [0.2, 0.25) is 0 Å². The maximum atomic E-state index is 12.2. The van der Waals surface area contributed by atoms with Crippen molar-refractivity contribution in [3.05, 3.63) is 58.1 Å². The summed E-state index contributed by atoms with van der Waals surface area (Å²) in [4.78, 5) is 22.3. The van der Waals surface area contributed by atoms with Gasteiger partial charge in [-0.05, 0) is 36.8 Å². The molecule has 2 rings (SSSR count). The number of hydrogen-bond acceptors (Lipinski definition) is 6. The third-order valence-electron chi connectivity index (χ3n) is 3.72. The van der Waals surface area contributed by atoms with Crippen LogP contribution in [0.3, 0.4) is 0 Å². The maximum Gasteiger partial charge on any atom is 0.271 e. The molecule has 0 saturated heterocycles. The minimum atomic E-state index is -3.75. The van der Waals surface area contributed by atoms with Gasteiger partial charge in [-0.25, -0.2) is 13.1 Å². The molecule has 2 aromatic carbocycles. The Morgan fingerprint density at radius 3 is 2.44 bits per heavy atom. The highest BCUT2D eigenvalue weighted by Crippen LogP contribution is 2.22. The van der Waals surface area contributed by atoms with Crippen molar-refractivity contribution >= 4 is 27.3 Å². The molecular formula is C17H19N3O6S. The molecular weight excluding hydrogens is 374 g/mol. The fourth-order valence-corrected chi connectivity index (χ4v) is 3.24. The lowest BCUT2D eigenvalue weighted by molar-refractivity contribution is -0.384. The molecule has 0 radical (unpaired) electrons. The number of nitro groups is 1. The number of hydrogen-bond donors (Lipinski definition) is 2. The van der Waals surface area contributed by atoms with Gasteiger partial charge in [0.25, 0.3) is 5.69 Å². The number of sulfonamides is 1. The first-order chi connectivity index (χ1) is 12.7. The van der Waals surface area contributed by atoms with Crippen molar-refractivity contribution in [2.24, 2.45) is 0 Å². The van der Waals surface area contributed by atoms with E-state index in [1.165, 1.54) is 49.6 Å². The lowest BCUT2D eigenvalue weighted by atomic mass is 10.2. The Hall–Kier alpha value is -2.98. The average Bonchev–Trinajstić information content (AvgIpc) is 2.63. The third kappa shape index (κ3) is 5.50. The van der Waals surface area contributed by atoms with Gasteiger partial charge in [-0.3, -0.25) is 14.9 Å². The highest BCUT2D eigenvalue weighted by atomic mass is 32.2. The molecule has 0 atom stereocenters. The molecule has 2 N–H and O–H groups in total. The Bertz CT molecular complexity index is 942. The second kappa shape index (κ2) is 8.60. The number of nitrogens with zero attached hydrogens (tertiary/aromatic N) is 1. The fourth-order valence-electron chi connectivity index (χ4n) is 2.21. The van der Waals surface area contributed by atoms with Gasteiger partial charge in [-0.1, -0.05) is 6.07 Å². The number of methoxy groups -OCH3 is 1. The fraction of sp³-hybridized carbons (Fsp3) is 0.235.